The first-order valence-electron chi connectivity index (χ1n) is 8.26. The highest BCUT2D eigenvalue weighted by Gasteiger charge is 2.28. The summed E-state index contributed by atoms with van der Waals surface area (Å²) >= 11 is 0. The molecule has 1 aliphatic rings. The molecule has 0 amide bonds. The predicted octanol–water partition coefficient (Wildman–Crippen LogP) is 2.47. The minimum absolute atomic E-state index is 0. The Kier molecular flexibility index (Phi) is 12.8. The van der Waals surface area contributed by atoms with Crippen LogP contribution in [0, 0.1) is 5.92 Å². The van der Waals surface area contributed by atoms with E-state index in [1.165, 1.54) is 24.8 Å². The number of hydrogen-bond acceptors (Lipinski definition) is 3. The molecule has 0 aromatic heterocycles. The fraction of sp³-hybridized carbons (Fsp3) is 0.933. The fourth-order valence-electron chi connectivity index (χ4n) is 1.98. The molecule has 0 aromatic rings. The van der Waals surface area contributed by atoms with Gasteiger partial charge < -0.3 is 15.4 Å². The Morgan fingerprint density at radius 3 is 2.58 bits per heavy atom. The molecular weight excluding hydrogens is 436 g/mol. The first-order chi connectivity index (χ1) is 10.9. The van der Waals surface area contributed by atoms with E-state index in [1.54, 1.807) is 0 Å². The largest absolute Gasteiger partial charge is 0.401 e. The molecule has 5 nitrogen and oxygen atoms in total. The van der Waals surface area contributed by atoms with E-state index in [-0.39, 0.29) is 24.0 Å². The lowest BCUT2D eigenvalue weighted by atomic mass is 10.4. The van der Waals surface area contributed by atoms with Crippen molar-refractivity contribution in [1.82, 2.24) is 15.5 Å². The molecule has 0 aliphatic heterocycles. The van der Waals surface area contributed by atoms with Crippen molar-refractivity contribution >= 4 is 29.9 Å². The van der Waals surface area contributed by atoms with Gasteiger partial charge in [0.25, 0.3) is 0 Å². The molecule has 2 N–H and O–H groups in total. The highest BCUT2D eigenvalue weighted by molar-refractivity contribution is 14.0. The van der Waals surface area contributed by atoms with E-state index in [0.717, 1.165) is 18.9 Å². The molecule has 0 aromatic carbocycles. The van der Waals surface area contributed by atoms with Crippen molar-refractivity contribution < 1.29 is 17.9 Å². The molecule has 24 heavy (non-hydrogen) atoms. The summed E-state index contributed by atoms with van der Waals surface area (Å²) in [7, 11) is 1.45. The number of rotatable bonds is 11. The first-order valence-corrected chi connectivity index (χ1v) is 8.26. The van der Waals surface area contributed by atoms with Gasteiger partial charge in [0, 0.05) is 39.4 Å². The second kappa shape index (κ2) is 13.0. The number of ether oxygens (including phenoxy) is 1. The maximum Gasteiger partial charge on any atom is 0.401 e. The van der Waals surface area contributed by atoms with Crippen LogP contribution in [0.4, 0.5) is 13.2 Å². The molecule has 9 heteroatoms. The number of aliphatic imine (C=N–C) groups is 1. The monoisotopic (exact) mass is 466 g/mol. The average Bonchev–Trinajstić information content (AvgIpc) is 3.24. The van der Waals surface area contributed by atoms with E-state index in [4.69, 9.17) is 4.74 Å². The maximum absolute atomic E-state index is 12.2. The van der Waals surface area contributed by atoms with Gasteiger partial charge in [-0.3, -0.25) is 9.89 Å². The fourth-order valence-corrected chi connectivity index (χ4v) is 1.98. The first kappa shape index (κ1) is 23.7. The molecule has 144 valence electrons. The van der Waals surface area contributed by atoms with E-state index >= 15 is 0 Å². The van der Waals surface area contributed by atoms with Gasteiger partial charge in [-0.25, -0.2) is 0 Å². The lowest BCUT2D eigenvalue weighted by Crippen LogP contribution is -2.42. The van der Waals surface area contributed by atoms with Crippen LogP contribution in [0.3, 0.4) is 0 Å². The molecule has 0 bridgehead atoms. The van der Waals surface area contributed by atoms with Crippen LogP contribution in [-0.4, -0.2) is 70.0 Å². The molecular formula is C15H30F3IN4O. The zero-order valence-corrected chi connectivity index (χ0v) is 16.8. The van der Waals surface area contributed by atoms with E-state index < -0.39 is 12.7 Å². The normalized spacial score (nSPS) is 15.3. The summed E-state index contributed by atoms with van der Waals surface area (Å²) < 4.78 is 42.2. The Balaban J connectivity index is 0.00000529. The lowest BCUT2D eigenvalue weighted by Gasteiger charge is -2.19. The molecule has 0 spiro atoms. The molecule has 1 saturated carbocycles. The van der Waals surface area contributed by atoms with Crippen molar-refractivity contribution in [2.75, 3.05) is 53.0 Å². The molecule has 1 fully saturated rings. The van der Waals surface area contributed by atoms with Crippen LogP contribution < -0.4 is 10.6 Å². The van der Waals surface area contributed by atoms with Gasteiger partial charge in [-0.2, -0.15) is 13.2 Å². The molecule has 1 rings (SSSR count). The van der Waals surface area contributed by atoms with Crippen LogP contribution >= 0.6 is 24.0 Å². The van der Waals surface area contributed by atoms with E-state index in [1.807, 2.05) is 6.92 Å². The van der Waals surface area contributed by atoms with Gasteiger partial charge in [-0.05, 0) is 39.2 Å². The summed E-state index contributed by atoms with van der Waals surface area (Å²) in [4.78, 5) is 5.63. The second-order valence-electron chi connectivity index (χ2n) is 5.91. The highest BCUT2D eigenvalue weighted by atomic mass is 127. The van der Waals surface area contributed by atoms with Crippen LogP contribution in [0.25, 0.3) is 0 Å². The number of guanidine groups is 1. The van der Waals surface area contributed by atoms with E-state index in [0.29, 0.717) is 38.7 Å². The Hall–Kier alpha value is -0.290. The quantitative estimate of drug-likeness (QED) is 0.213. The Labute approximate surface area is 159 Å². The van der Waals surface area contributed by atoms with E-state index in [9.17, 15) is 13.2 Å². The molecule has 1 aliphatic carbocycles. The van der Waals surface area contributed by atoms with Crippen molar-refractivity contribution in [3.63, 3.8) is 0 Å². The van der Waals surface area contributed by atoms with Crippen LogP contribution in [0.5, 0.6) is 0 Å². The Morgan fingerprint density at radius 2 is 2.00 bits per heavy atom. The van der Waals surface area contributed by atoms with Crippen molar-refractivity contribution in [2.24, 2.45) is 10.9 Å². The Bertz CT molecular complexity index is 352. The van der Waals surface area contributed by atoms with Crippen molar-refractivity contribution in [3.8, 4) is 0 Å². The van der Waals surface area contributed by atoms with Crippen molar-refractivity contribution in [1.29, 1.82) is 0 Å². The third-order valence-corrected chi connectivity index (χ3v) is 3.35. The predicted molar refractivity (Wildman–Crippen MR) is 101 cm³/mol. The number of likely N-dealkylation sites (N-methyl/N-ethyl adjacent to an activating group) is 1. The van der Waals surface area contributed by atoms with Gasteiger partial charge in [0.2, 0.25) is 0 Å². The topological polar surface area (TPSA) is 48.9 Å². The van der Waals surface area contributed by atoms with Gasteiger partial charge in [0.05, 0.1) is 6.54 Å². The molecule has 0 heterocycles. The van der Waals surface area contributed by atoms with E-state index in [2.05, 4.69) is 15.6 Å². The summed E-state index contributed by atoms with van der Waals surface area (Å²) in [6.07, 6.45) is -0.740. The van der Waals surface area contributed by atoms with Gasteiger partial charge in [-0.15, -0.1) is 24.0 Å². The molecule has 0 atom stereocenters. The maximum atomic E-state index is 12.2. The van der Waals surface area contributed by atoms with Gasteiger partial charge in [0.15, 0.2) is 5.96 Å². The average molecular weight is 466 g/mol. The van der Waals surface area contributed by atoms with Gasteiger partial charge in [-0.1, -0.05) is 0 Å². The summed E-state index contributed by atoms with van der Waals surface area (Å²) in [5.74, 6) is 1.40. The van der Waals surface area contributed by atoms with Crippen LogP contribution in [0.2, 0.25) is 0 Å². The number of hydrogen-bond donors (Lipinski definition) is 2. The third kappa shape index (κ3) is 14.1. The smallest absolute Gasteiger partial charge is 0.381 e. The summed E-state index contributed by atoms with van der Waals surface area (Å²) in [6.45, 7) is 4.67. The third-order valence-electron chi connectivity index (χ3n) is 3.35. The minimum atomic E-state index is -4.16. The lowest BCUT2D eigenvalue weighted by molar-refractivity contribution is -0.142. The van der Waals surface area contributed by atoms with Gasteiger partial charge in [0.1, 0.15) is 0 Å². The number of alkyl halides is 3. The summed E-state index contributed by atoms with van der Waals surface area (Å²) in [6, 6.07) is 0. The second-order valence-corrected chi connectivity index (χ2v) is 5.91. The molecule has 0 saturated heterocycles. The highest BCUT2D eigenvalue weighted by Crippen LogP contribution is 2.28. The van der Waals surface area contributed by atoms with Gasteiger partial charge >= 0.3 is 6.18 Å². The zero-order chi connectivity index (χ0) is 17.1. The molecule has 0 unspecified atom stereocenters. The zero-order valence-electron chi connectivity index (χ0n) is 14.5. The van der Waals surface area contributed by atoms with Crippen molar-refractivity contribution in [2.45, 2.75) is 32.4 Å². The SMILES string of the molecule is CCNC(=NCCCOCC1CC1)NCCN(C)CC(F)(F)F.I. The van der Waals surface area contributed by atoms with Crippen LogP contribution in [0.1, 0.15) is 26.2 Å². The summed E-state index contributed by atoms with van der Waals surface area (Å²) in [5.41, 5.74) is 0. The molecule has 0 radical (unpaired) electrons. The van der Waals surface area contributed by atoms with Crippen LogP contribution in [-0.2, 0) is 4.74 Å². The number of nitrogens with one attached hydrogen (secondary N) is 2. The minimum Gasteiger partial charge on any atom is -0.381 e. The Morgan fingerprint density at radius 1 is 1.29 bits per heavy atom. The standard InChI is InChI=1S/C15H29F3N4O.HI/c1-3-19-14(20-7-4-10-23-11-13-5-6-13)21-8-9-22(2)12-15(16,17)18;/h13H,3-12H2,1-2H3,(H2,19,20,21);1H. The summed E-state index contributed by atoms with van der Waals surface area (Å²) in [5, 5.41) is 6.13. The number of halogens is 4. The van der Waals surface area contributed by atoms with Crippen LogP contribution in [0.15, 0.2) is 4.99 Å². The number of nitrogens with zero attached hydrogens (tertiary/aromatic N) is 2. The van der Waals surface area contributed by atoms with Crippen molar-refractivity contribution in [3.05, 3.63) is 0 Å².